The summed E-state index contributed by atoms with van der Waals surface area (Å²) in [5.41, 5.74) is 0.196. The summed E-state index contributed by atoms with van der Waals surface area (Å²) >= 11 is 6.06. The van der Waals surface area contributed by atoms with Crippen molar-refractivity contribution in [3.63, 3.8) is 0 Å². The summed E-state index contributed by atoms with van der Waals surface area (Å²) < 4.78 is 1.58. The van der Waals surface area contributed by atoms with Crippen LogP contribution >= 0.6 is 11.6 Å². The molecule has 1 saturated heterocycles. The molecule has 1 aromatic heterocycles. The van der Waals surface area contributed by atoms with E-state index in [1.54, 1.807) is 11.7 Å². The molecule has 1 aliphatic heterocycles. The minimum Gasteiger partial charge on any atom is -0.316 e. The molecule has 2 rings (SSSR count). The number of hydrogen-bond donors (Lipinski definition) is 1. The van der Waals surface area contributed by atoms with E-state index in [2.05, 4.69) is 24.3 Å². The van der Waals surface area contributed by atoms with E-state index in [1.165, 1.54) is 6.20 Å². The van der Waals surface area contributed by atoms with E-state index in [0.29, 0.717) is 10.7 Å². The standard InChI is InChI=1S/C12H18ClN3O/c1-8(2)12(4-5-14-7-12)11(17)10-9(13)6-15-16(10)3/h6,8,14H,4-5,7H2,1-3H3. The van der Waals surface area contributed by atoms with Gasteiger partial charge >= 0.3 is 0 Å². The topological polar surface area (TPSA) is 46.9 Å². The molecule has 2 heterocycles. The highest BCUT2D eigenvalue weighted by Gasteiger charge is 2.45. The van der Waals surface area contributed by atoms with Crippen molar-refractivity contribution in [3.8, 4) is 0 Å². The number of aryl methyl sites for hydroxylation is 1. The summed E-state index contributed by atoms with van der Waals surface area (Å²) in [5, 5.41) is 7.77. The van der Waals surface area contributed by atoms with E-state index in [4.69, 9.17) is 11.6 Å². The van der Waals surface area contributed by atoms with Gasteiger partial charge in [-0.15, -0.1) is 0 Å². The maximum Gasteiger partial charge on any atom is 0.190 e. The highest BCUT2D eigenvalue weighted by atomic mass is 35.5. The van der Waals surface area contributed by atoms with Crippen molar-refractivity contribution in [3.05, 3.63) is 16.9 Å². The molecule has 1 aliphatic rings. The Kier molecular flexibility index (Phi) is 3.27. The van der Waals surface area contributed by atoms with Crippen LogP contribution in [0.1, 0.15) is 30.8 Å². The van der Waals surface area contributed by atoms with Crippen LogP contribution in [0.2, 0.25) is 5.02 Å². The number of halogens is 1. The zero-order valence-electron chi connectivity index (χ0n) is 10.5. The van der Waals surface area contributed by atoms with Crippen LogP contribution in [0.3, 0.4) is 0 Å². The molecule has 0 aliphatic carbocycles. The second kappa shape index (κ2) is 4.42. The summed E-state index contributed by atoms with van der Waals surface area (Å²) in [6.45, 7) is 5.80. The molecule has 1 unspecified atom stereocenters. The van der Waals surface area contributed by atoms with Crippen molar-refractivity contribution in [2.75, 3.05) is 13.1 Å². The van der Waals surface area contributed by atoms with Gasteiger partial charge in [0.1, 0.15) is 5.69 Å². The second-order valence-corrected chi connectivity index (χ2v) is 5.44. The van der Waals surface area contributed by atoms with Gasteiger partial charge in [-0.05, 0) is 18.9 Å². The highest BCUT2D eigenvalue weighted by Crippen LogP contribution is 2.38. The molecule has 4 nitrogen and oxygen atoms in total. The molecular formula is C12H18ClN3O. The van der Waals surface area contributed by atoms with Crippen molar-refractivity contribution in [2.45, 2.75) is 20.3 Å². The monoisotopic (exact) mass is 255 g/mol. The largest absolute Gasteiger partial charge is 0.316 e. The van der Waals surface area contributed by atoms with Gasteiger partial charge in [-0.25, -0.2) is 0 Å². The molecule has 1 N–H and O–H groups in total. The third kappa shape index (κ3) is 1.89. The van der Waals surface area contributed by atoms with Crippen molar-refractivity contribution >= 4 is 17.4 Å². The number of hydrogen-bond acceptors (Lipinski definition) is 3. The summed E-state index contributed by atoms with van der Waals surface area (Å²) in [6.07, 6.45) is 2.40. The number of nitrogens with zero attached hydrogens (tertiary/aromatic N) is 2. The molecule has 0 radical (unpaired) electrons. The predicted octanol–water partition coefficient (Wildman–Crippen LogP) is 1.89. The normalized spacial score (nSPS) is 24.5. The first-order valence-corrected chi connectivity index (χ1v) is 6.30. The van der Waals surface area contributed by atoms with Crippen molar-refractivity contribution in [1.29, 1.82) is 0 Å². The first kappa shape index (κ1) is 12.6. The predicted molar refractivity (Wildman–Crippen MR) is 67.3 cm³/mol. The number of ketones is 1. The first-order valence-electron chi connectivity index (χ1n) is 5.92. The van der Waals surface area contributed by atoms with Gasteiger partial charge in [0.15, 0.2) is 5.78 Å². The number of nitrogens with one attached hydrogen (secondary N) is 1. The van der Waals surface area contributed by atoms with Gasteiger partial charge in [0.25, 0.3) is 0 Å². The van der Waals surface area contributed by atoms with E-state index < -0.39 is 0 Å². The molecule has 1 atom stereocenters. The molecule has 0 spiro atoms. The Morgan fingerprint density at radius 1 is 1.65 bits per heavy atom. The zero-order chi connectivity index (χ0) is 12.6. The number of rotatable bonds is 3. The van der Waals surface area contributed by atoms with Gasteiger partial charge in [0.2, 0.25) is 0 Å². The van der Waals surface area contributed by atoms with E-state index in [0.717, 1.165) is 19.5 Å². The van der Waals surface area contributed by atoms with E-state index in [-0.39, 0.29) is 17.1 Å². The molecule has 0 aromatic carbocycles. The lowest BCUT2D eigenvalue weighted by atomic mass is 9.72. The van der Waals surface area contributed by atoms with E-state index in [9.17, 15) is 4.79 Å². The minimum absolute atomic E-state index is 0.113. The van der Waals surface area contributed by atoms with Gasteiger partial charge in [-0.2, -0.15) is 5.10 Å². The van der Waals surface area contributed by atoms with Gasteiger partial charge in [0.05, 0.1) is 16.6 Å². The Labute approximate surface area is 106 Å². The maximum absolute atomic E-state index is 12.7. The second-order valence-electron chi connectivity index (χ2n) is 5.03. The number of carbonyl (C=O) groups excluding carboxylic acids is 1. The molecule has 94 valence electrons. The van der Waals surface area contributed by atoms with Crippen LogP contribution in [0.4, 0.5) is 0 Å². The maximum atomic E-state index is 12.7. The quantitative estimate of drug-likeness (QED) is 0.839. The van der Waals surface area contributed by atoms with Crippen molar-refractivity contribution < 1.29 is 4.79 Å². The lowest BCUT2D eigenvalue weighted by Crippen LogP contribution is -2.39. The average molecular weight is 256 g/mol. The van der Waals surface area contributed by atoms with Crippen LogP contribution in [-0.2, 0) is 7.05 Å². The Balaban J connectivity index is 2.42. The molecule has 0 bridgehead atoms. The van der Waals surface area contributed by atoms with Gasteiger partial charge in [-0.1, -0.05) is 25.4 Å². The lowest BCUT2D eigenvalue weighted by Gasteiger charge is -2.30. The van der Waals surface area contributed by atoms with Crippen LogP contribution in [0.25, 0.3) is 0 Å². The summed E-state index contributed by atoms with van der Waals surface area (Å²) in [4.78, 5) is 12.7. The molecular weight excluding hydrogens is 238 g/mol. The summed E-state index contributed by atoms with van der Waals surface area (Å²) in [7, 11) is 1.76. The highest BCUT2D eigenvalue weighted by molar-refractivity contribution is 6.33. The Bertz CT molecular complexity index is 413. The Hall–Kier alpha value is -0.870. The Morgan fingerprint density at radius 3 is 2.76 bits per heavy atom. The van der Waals surface area contributed by atoms with E-state index in [1.807, 2.05) is 0 Å². The van der Waals surface area contributed by atoms with Crippen LogP contribution < -0.4 is 5.32 Å². The smallest absolute Gasteiger partial charge is 0.190 e. The number of carbonyl (C=O) groups is 1. The number of aromatic nitrogens is 2. The molecule has 0 amide bonds. The summed E-state index contributed by atoms with van der Waals surface area (Å²) in [6, 6.07) is 0. The third-order valence-corrected chi connectivity index (χ3v) is 4.13. The van der Waals surface area contributed by atoms with Crippen LogP contribution in [0, 0.1) is 11.3 Å². The van der Waals surface area contributed by atoms with Crippen LogP contribution in [0.5, 0.6) is 0 Å². The molecule has 0 saturated carbocycles. The van der Waals surface area contributed by atoms with Crippen LogP contribution in [0.15, 0.2) is 6.20 Å². The molecule has 1 fully saturated rings. The van der Waals surface area contributed by atoms with Crippen LogP contribution in [-0.4, -0.2) is 28.7 Å². The van der Waals surface area contributed by atoms with E-state index >= 15 is 0 Å². The molecule has 17 heavy (non-hydrogen) atoms. The number of Topliss-reactive ketones (excluding diaryl/α,β-unsaturated/α-hetero) is 1. The summed E-state index contributed by atoms with van der Waals surface area (Å²) in [5.74, 6) is 0.401. The molecule has 1 aromatic rings. The SMILES string of the molecule is CC(C)C1(C(=O)c2c(Cl)cnn2C)CCNC1. The minimum atomic E-state index is -0.336. The van der Waals surface area contributed by atoms with Gasteiger partial charge < -0.3 is 5.32 Å². The zero-order valence-corrected chi connectivity index (χ0v) is 11.2. The fourth-order valence-electron chi connectivity index (χ4n) is 2.56. The Morgan fingerprint density at radius 2 is 2.35 bits per heavy atom. The molecule has 5 heteroatoms. The third-order valence-electron chi connectivity index (χ3n) is 3.85. The van der Waals surface area contributed by atoms with Gasteiger partial charge in [-0.3, -0.25) is 9.48 Å². The lowest BCUT2D eigenvalue weighted by molar-refractivity contribution is 0.0729. The average Bonchev–Trinajstić information content (AvgIpc) is 2.86. The van der Waals surface area contributed by atoms with Crippen molar-refractivity contribution in [2.24, 2.45) is 18.4 Å². The fraction of sp³-hybridized carbons (Fsp3) is 0.667. The van der Waals surface area contributed by atoms with Crippen molar-refractivity contribution in [1.82, 2.24) is 15.1 Å². The fourth-order valence-corrected chi connectivity index (χ4v) is 2.81. The first-order chi connectivity index (χ1) is 7.99. The van der Waals surface area contributed by atoms with Gasteiger partial charge in [0, 0.05) is 13.6 Å².